The van der Waals surface area contributed by atoms with E-state index in [1.54, 1.807) is 6.07 Å². The van der Waals surface area contributed by atoms with Gasteiger partial charge in [0.1, 0.15) is 0 Å². The van der Waals surface area contributed by atoms with Gasteiger partial charge in [-0.25, -0.2) is 9.78 Å². The predicted octanol–water partition coefficient (Wildman–Crippen LogP) is 3.56. The number of thiocarbonyl (C=S) groups is 1. The molecule has 0 atom stereocenters. The van der Waals surface area contributed by atoms with Crippen LogP contribution < -0.4 is 11.1 Å². The van der Waals surface area contributed by atoms with Crippen LogP contribution in [-0.4, -0.2) is 21.2 Å². The van der Waals surface area contributed by atoms with Crippen molar-refractivity contribution in [2.45, 2.75) is 6.92 Å². The number of nitrogens with two attached hydrogens (primary N) is 1. The molecule has 2 aromatic carbocycles. The van der Waals surface area contributed by atoms with E-state index < -0.39 is 5.97 Å². The Morgan fingerprint density at radius 2 is 2.00 bits per heavy atom. The fraction of sp³-hybridized carbons (Fsp3) is 0.0556. The van der Waals surface area contributed by atoms with Gasteiger partial charge in [-0.3, -0.25) is 0 Å². The molecule has 3 rings (SSSR count). The zero-order valence-corrected chi connectivity index (χ0v) is 13.7. The number of aryl methyl sites for hydroxylation is 1. The van der Waals surface area contributed by atoms with Gasteiger partial charge >= 0.3 is 5.97 Å². The molecule has 0 unspecified atom stereocenters. The topological polar surface area (TPSA) is 88.2 Å². The number of nitrogens with one attached hydrogen (secondary N) is 1. The Morgan fingerprint density at radius 1 is 1.21 bits per heavy atom. The minimum absolute atomic E-state index is 0.167. The summed E-state index contributed by atoms with van der Waals surface area (Å²) in [5, 5.41) is 13.2. The number of benzene rings is 2. The number of aromatic carboxylic acids is 1. The van der Waals surface area contributed by atoms with Crippen molar-refractivity contribution in [1.29, 1.82) is 0 Å². The normalized spacial score (nSPS) is 10.5. The van der Waals surface area contributed by atoms with Gasteiger partial charge in [0.25, 0.3) is 0 Å². The first-order valence-electron chi connectivity index (χ1n) is 7.25. The van der Waals surface area contributed by atoms with Gasteiger partial charge in [0.05, 0.1) is 16.8 Å². The first-order valence-corrected chi connectivity index (χ1v) is 7.66. The van der Waals surface area contributed by atoms with Gasteiger partial charge in [-0.15, -0.1) is 0 Å². The Balaban J connectivity index is 2.18. The van der Waals surface area contributed by atoms with Crippen molar-refractivity contribution >= 4 is 39.9 Å². The third-order valence-electron chi connectivity index (χ3n) is 3.62. The average Bonchev–Trinajstić information content (AvgIpc) is 2.53. The van der Waals surface area contributed by atoms with Crippen LogP contribution in [0.1, 0.15) is 15.9 Å². The number of anilines is 1. The van der Waals surface area contributed by atoms with Crippen LogP contribution >= 0.6 is 12.2 Å². The summed E-state index contributed by atoms with van der Waals surface area (Å²) in [4.78, 5) is 16.2. The molecule has 24 heavy (non-hydrogen) atoms. The Labute approximate surface area is 144 Å². The molecule has 120 valence electrons. The number of nitrogens with zero attached hydrogens (tertiary/aromatic N) is 1. The second-order valence-electron chi connectivity index (χ2n) is 5.45. The molecular weight excluding hydrogens is 322 g/mol. The van der Waals surface area contributed by atoms with Crippen molar-refractivity contribution in [2.24, 2.45) is 5.73 Å². The number of fused-ring (bicyclic) bond motifs is 1. The fourth-order valence-corrected chi connectivity index (χ4v) is 2.68. The molecule has 0 aliphatic carbocycles. The standard InChI is InChI=1S/C18H15N3O2S/c1-10-5-6-15-13(7-10)14(17(22)23)9-16(21-15)11-3-2-4-12(8-11)20-18(19)24/h2-9H,1H3,(H,22,23)(H3,19,20,24). The minimum Gasteiger partial charge on any atom is -0.478 e. The Kier molecular flexibility index (Phi) is 4.14. The Hall–Kier alpha value is -2.99. The predicted molar refractivity (Wildman–Crippen MR) is 99.3 cm³/mol. The van der Waals surface area contributed by atoms with Crippen LogP contribution in [0.3, 0.4) is 0 Å². The number of hydrogen-bond acceptors (Lipinski definition) is 3. The van der Waals surface area contributed by atoms with Crippen molar-refractivity contribution in [3.8, 4) is 11.3 Å². The number of pyridine rings is 1. The average molecular weight is 337 g/mol. The molecule has 0 fully saturated rings. The molecular formula is C18H15N3O2S. The highest BCUT2D eigenvalue weighted by molar-refractivity contribution is 7.80. The third-order valence-corrected chi connectivity index (χ3v) is 3.72. The van der Waals surface area contributed by atoms with Gasteiger partial charge < -0.3 is 16.2 Å². The smallest absolute Gasteiger partial charge is 0.336 e. The van der Waals surface area contributed by atoms with Crippen LogP contribution in [0, 0.1) is 6.92 Å². The maximum atomic E-state index is 11.6. The minimum atomic E-state index is -0.980. The van der Waals surface area contributed by atoms with Gasteiger partial charge in [-0.2, -0.15) is 0 Å². The summed E-state index contributed by atoms with van der Waals surface area (Å²) >= 11 is 4.84. The van der Waals surface area contributed by atoms with Crippen molar-refractivity contribution < 1.29 is 9.90 Å². The lowest BCUT2D eigenvalue weighted by Gasteiger charge is -2.10. The molecule has 6 heteroatoms. The Bertz CT molecular complexity index is 970. The molecule has 3 aromatic rings. The fourth-order valence-electron chi connectivity index (χ4n) is 2.56. The van der Waals surface area contributed by atoms with E-state index in [2.05, 4.69) is 10.3 Å². The number of carboxylic acid groups (broad SMARTS) is 1. The lowest BCUT2D eigenvalue weighted by Crippen LogP contribution is -2.18. The summed E-state index contributed by atoms with van der Waals surface area (Å²) in [5.74, 6) is -0.980. The highest BCUT2D eigenvalue weighted by Crippen LogP contribution is 2.27. The lowest BCUT2D eigenvalue weighted by molar-refractivity contribution is 0.0699. The zero-order chi connectivity index (χ0) is 17.3. The van der Waals surface area contributed by atoms with E-state index in [4.69, 9.17) is 18.0 Å². The molecule has 0 saturated carbocycles. The van der Waals surface area contributed by atoms with Crippen LogP contribution in [0.25, 0.3) is 22.2 Å². The highest BCUT2D eigenvalue weighted by atomic mass is 32.1. The van der Waals surface area contributed by atoms with Gasteiger partial charge in [0, 0.05) is 16.6 Å². The number of carbonyl (C=O) groups is 1. The number of hydrogen-bond donors (Lipinski definition) is 3. The molecule has 0 amide bonds. The maximum absolute atomic E-state index is 11.6. The van der Waals surface area contributed by atoms with Crippen molar-refractivity contribution in [3.05, 3.63) is 59.7 Å². The second kappa shape index (κ2) is 6.25. The summed E-state index contributed by atoms with van der Waals surface area (Å²) in [6.07, 6.45) is 0. The molecule has 0 radical (unpaired) electrons. The number of aromatic nitrogens is 1. The molecule has 1 heterocycles. The van der Waals surface area contributed by atoms with Gasteiger partial charge in [-0.1, -0.05) is 23.8 Å². The zero-order valence-electron chi connectivity index (χ0n) is 12.9. The summed E-state index contributed by atoms with van der Waals surface area (Å²) in [7, 11) is 0. The molecule has 4 N–H and O–H groups in total. The first-order chi connectivity index (χ1) is 11.4. The van der Waals surface area contributed by atoms with Crippen molar-refractivity contribution in [1.82, 2.24) is 4.98 Å². The van der Waals surface area contributed by atoms with Crippen LogP contribution in [0.5, 0.6) is 0 Å². The van der Waals surface area contributed by atoms with Crippen molar-refractivity contribution in [3.63, 3.8) is 0 Å². The van der Waals surface area contributed by atoms with Crippen LogP contribution in [0.2, 0.25) is 0 Å². The van der Waals surface area contributed by atoms with E-state index in [9.17, 15) is 9.90 Å². The van der Waals surface area contributed by atoms with Gasteiger partial charge in [0.2, 0.25) is 0 Å². The largest absolute Gasteiger partial charge is 0.478 e. The van der Waals surface area contributed by atoms with E-state index in [1.807, 2.05) is 49.4 Å². The van der Waals surface area contributed by atoms with E-state index in [-0.39, 0.29) is 10.7 Å². The molecule has 5 nitrogen and oxygen atoms in total. The molecule has 0 saturated heterocycles. The third kappa shape index (κ3) is 3.18. The molecule has 0 aliphatic rings. The van der Waals surface area contributed by atoms with E-state index in [0.29, 0.717) is 16.6 Å². The van der Waals surface area contributed by atoms with Crippen LogP contribution in [0.15, 0.2) is 48.5 Å². The lowest BCUT2D eigenvalue weighted by atomic mass is 10.0. The highest BCUT2D eigenvalue weighted by Gasteiger charge is 2.13. The summed E-state index contributed by atoms with van der Waals surface area (Å²) < 4.78 is 0. The Morgan fingerprint density at radius 3 is 2.71 bits per heavy atom. The number of carboxylic acids is 1. The van der Waals surface area contributed by atoms with E-state index in [1.165, 1.54) is 0 Å². The summed E-state index contributed by atoms with van der Waals surface area (Å²) in [6, 6.07) is 14.5. The monoisotopic (exact) mass is 337 g/mol. The summed E-state index contributed by atoms with van der Waals surface area (Å²) in [6.45, 7) is 1.92. The maximum Gasteiger partial charge on any atom is 0.336 e. The molecule has 0 bridgehead atoms. The summed E-state index contributed by atoms with van der Waals surface area (Å²) in [5.41, 5.74) is 9.43. The van der Waals surface area contributed by atoms with Crippen LogP contribution in [0.4, 0.5) is 5.69 Å². The van der Waals surface area contributed by atoms with Gasteiger partial charge in [-0.05, 0) is 49.5 Å². The van der Waals surface area contributed by atoms with E-state index in [0.717, 1.165) is 16.8 Å². The first kappa shape index (κ1) is 15.9. The van der Waals surface area contributed by atoms with Gasteiger partial charge in [0.15, 0.2) is 5.11 Å². The molecule has 0 spiro atoms. The molecule has 0 aliphatic heterocycles. The number of rotatable bonds is 3. The second-order valence-corrected chi connectivity index (χ2v) is 5.89. The van der Waals surface area contributed by atoms with E-state index >= 15 is 0 Å². The van der Waals surface area contributed by atoms with Crippen molar-refractivity contribution in [2.75, 3.05) is 5.32 Å². The van der Waals surface area contributed by atoms with Crippen LogP contribution in [-0.2, 0) is 0 Å². The molecule has 1 aromatic heterocycles. The quantitative estimate of drug-likeness (QED) is 0.633. The SMILES string of the molecule is Cc1ccc2nc(-c3cccc(NC(N)=S)c3)cc(C(=O)O)c2c1.